The van der Waals surface area contributed by atoms with Gasteiger partial charge in [0.1, 0.15) is 16.4 Å². The quantitative estimate of drug-likeness (QED) is 0.319. The van der Waals surface area contributed by atoms with Crippen molar-refractivity contribution in [2.24, 2.45) is 0 Å². The molecule has 0 bridgehead atoms. The number of rotatable bonds is 12. The van der Waals surface area contributed by atoms with Crippen LogP contribution in [0, 0.1) is 0 Å². The van der Waals surface area contributed by atoms with Gasteiger partial charge in [0.2, 0.25) is 0 Å². The van der Waals surface area contributed by atoms with E-state index < -0.39 is 20.8 Å². The zero-order valence-corrected chi connectivity index (χ0v) is 20.2. The van der Waals surface area contributed by atoms with Crippen LogP contribution in [0.15, 0.2) is 47.4 Å². The van der Waals surface area contributed by atoms with Gasteiger partial charge in [0.05, 0.1) is 0 Å². The fourth-order valence-corrected chi connectivity index (χ4v) is 4.12. The van der Waals surface area contributed by atoms with Gasteiger partial charge in [0.25, 0.3) is 10.1 Å². The number of benzene rings is 2. The molecule has 0 aliphatic heterocycles. The van der Waals surface area contributed by atoms with Gasteiger partial charge in [-0.05, 0) is 36.6 Å². The molecule has 5 nitrogen and oxygen atoms in total. The molecule has 7 heteroatoms. The summed E-state index contributed by atoms with van der Waals surface area (Å²) in [5.41, 5.74) is 0.0990. The van der Waals surface area contributed by atoms with E-state index in [-0.39, 0.29) is 40.9 Å². The van der Waals surface area contributed by atoms with E-state index in [1.165, 1.54) is 37.8 Å². The molecule has 0 spiro atoms. The molecule has 2 aromatic carbocycles. The van der Waals surface area contributed by atoms with Gasteiger partial charge >= 0.3 is 29.6 Å². The molecule has 154 valence electrons. The van der Waals surface area contributed by atoms with Gasteiger partial charge in [-0.15, -0.1) is 5.75 Å². The van der Waals surface area contributed by atoms with Crippen LogP contribution in [0.2, 0.25) is 0 Å². The van der Waals surface area contributed by atoms with E-state index in [2.05, 4.69) is 6.92 Å². The molecule has 0 saturated heterocycles. The number of hydrogen-bond donors (Lipinski definition) is 1. The molecule has 0 unspecified atom stereocenters. The van der Waals surface area contributed by atoms with Gasteiger partial charge in [-0.25, -0.2) is 0 Å². The summed E-state index contributed by atoms with van der Waals surface area (Å²) in [4.78, 5) is -0.410. The Kier molecular flexibility index (Phi) is 11.9. The van der Waals surface area contributed by atoms with Crippen molar-refractivity contribution in [3.8, 4) is 17.2 Å². The molecule has 0 heterocycles. The van der Waals surface area contributed by atoms with Gasteiger partial charge in [0, 0.05) is 0 Å². The summed E-state index contributed by atoms with van der Waals surface area (Å²) < 4.78 is 39.3. The second kappa shape index (κ2) is 13.3. The summed E-state index contributed by atoms with van der Waals surface area (Å²) in [6.07, 6.45) is 9.03. The van der Waals surface area contributed by atoms with E-state index in [1.54, 1.807) is 24.3 Å². The third kappa shape index (κ3) is 8.69. The summed E-state index contributed by atoms with van der Waals surface area (Å²) in [6.45, 7) is 2.18. The first kappa shape index (κ1) is 26.0. The number of hydrogen-bond acceptors (Lipinski definition) is 4. The van der Waals surface area contributed by atoms with E-state index in [0.717, 1.165) is 19.3 Å². The van der Waals surface area contributed by atoms with E-state index in [4.69, 9.17) is 4.74 Å². The SMILES string of the molecule is CCCCCCCCCCc1c([O-])ccc(Oc2ccccc2)c1S(=O)(=O)O.[Na+]. The van der Waals surface area contributed by atoms with Crippen molar-refractivity contribution in [3.63, 3.8) is 0 Å². The standard InChI is InChI=1S/C22H30O5S.Na/c1-2-3-4-5-6-7-8-12-15-19-20(23)16-17-21(22(19)28(24,25)26)27-18-13-10-9-11-14-18;/h9-11,13-14,16-17,23H,2-8,12,15H2,1H3,(H,24,25,26);/q;+1/p-1. The summed E-state index contributed by atoms with van der Waals surface area (Å²) in [7, 11) is -4.59. The topological polar surface area (TPSA) is 86.7 Å². The van der Waals surface area contributed by atoms with Crippen LogP contribution in [0.4, 0.5) is 0 Å². The molecule has 0 aliphatic carbocycles. The molecule has 0 aliphatic rings. The molecule has 0 radical (unpaired) electrons. The van der Waals surface area contributed by atoms with Crippen LogP contribution in [0.3, 0.4) is 0 Å². The van der Waals surface area contributed by atoms with E-state index >= 15 is 0 Å². The minimum atomic E-state index is -4.59. The second-order valence-corrected chi connectivity index (χ2v) is 8.34. The molecule has 0 aromatic heterocycles. The molecule has 2 rings (SSSR count). The Hall–Kier alpha value is -1.05. The van der Waals surface area contributed by atoms with Gasteiger partial charge in [-0.2, -0.15) is 8.42 Å². The molecule has 1 N–H and O–H groups in total. The van der Waals surface area contributed by atoms with Crippen LogP contribution in [-0.2, 0) is 16.5 Å². The molecule has 0 saturated carbocycles. The van der Waals surface area contributed by atoms with Crippen molar-refractivity contribution in [2.45, 2.75) is 69.6 Å². The first-order valence-corrected chi connectivity index (χ1v) is 11.4. The summed E-state index contributed by atoms with van der Waals surface area (Å²) >= 11 is 0. The first-order valence-electron chi connectivity index (χ1n) is 9.96. The van der Waals surface area contributed by atoms with E-state index in [1.807, 2.05) is 6.07 Å². The third-order valence-corrected chi connectivity index (χ3v) is 5.65. The Morgan fingerprint density at radius 2 is 1.48 bits per heavy atom. The molecule has 0 atom stereocenters. The van der Waals surface area contributed by atoms with Crippen molar-refractivity contribution in [1.82, 2.24) is 0 Å². The van der Waals surface area contributed by atoms with Gasteiger partial charge in [0.15, 0.2) is 0 Å². The maximum Gasteiger partial charge on any atom is 1.00 e. The van der Waals surface area contributed by atoms with Crippen molar-refractivity contribution in [1.29, 1.82) is 0 Å². The van der Waals surface area contributed by atoms with Crippen LogP contribution < -0.4 is 39.4 Å². The maximum absolute atomic E-state index is 12.3. The van der Waals surface area contributed by atoms with Crippen LogP contribution in [-0.4, -0.2) is 13.0 Å². The number of para-hydroxylation sites is 1. The summed E-state index contributed by atoms with van der Waals surface area (Å²) in [5.74, 6) is 0.0166. The fraction of sp³-hybridized carbons (Fsp3) is 0.455. The van der Waals surface area contributed by atoms with Crippen molar-refractivity contribution >= 4 is 10.1 Å². The third-order valence-electron chi connectivity index (χ3n) is 4.69. The average molecular weight is 429 g/mol. The Morgan fingerprint density at radius 3 is 2.07 bits per heavy atom. The monoisotopic (exact) mass is 428 g/mol. The van der Waals surface area contributed by atoms with Crippen LogP contribution in [0.25, 0.3) is 0 Å². The Balaban J connectivity index is 0.00000420. The van der Waals surface area contributed by atoms with Gasteiger partial charge in [-0.3, -0.25) is 4.55 Å². The van der Waals surface area contributed by atoms with Crippen molar-refractivity contribution in [3.05, 3.63) is 48.0 Å². The predicted octanol–water partition coefficient (Wildman–Crippen LogP) is 2.49. The molecule has 0 amide bonds. The predicted molar refractivity (Wildman–Crippen MR) is 109 cm³/mol. The number of ether oxygens (including phenoxy) is 1. The van der Waals surface area contributed by atoms with Crippen LogP contribution in [0.5, 0.6) is 17.2 Å². The van der Waals surface area contributed by atoms with E-state index in [0.29, 0.717) is 18.6 Å². The maximum atomic E-state index is 12.3. The molecule has 2 aromatic rings. The largest absolute Gasteiger partial charge is 1.00 e. The molecule has 29 heavy (non-hydrogen) atoms. The Bertz CT molecular complexity index is 838. The average Bonchev–Trinajstić information content (AvgIpc) is 2.66. The molecular weight excluding hydrogens is 399 g/mol. The van der Waals surface area contributed by atoms with Crippen molar-refractivity contribution < 1.29 is 52.4 Å². The van der Waals surface area contributed by atoms with Gasteiger partial charge < -0.3 is 9.84 Å². The second-order valence-electron chi connectivity index (χ2n) is 6.98. The molecular formula is C22H29NaO5S. The minimum Gasteiger partial charge on any atom is -0.872 e. The number of unbranched alkanes of at least 4 members (excludes halogenated alkanes) is 7. The fourth-order valence-electron chi connectivity index (χ4n) is 3.24. The van der Waals surface area contributed by atoms with E-state index in [9.17, 15) is 18.1 Å². The van der Waals surface area contributed by atoms with Crippen LogP contribution >= 0.6 is 0 Å². The van der Waals surface area contributed by atoms with Gasteiger partial charge in [-0.1, -0.05) is 76.1 Å². The smallest absolute Gasteiger partial charge is 0.872 e. The summed E-state index contributed by atoms with van der Waals surface area (Å²) in [6, 6.07) is 11.3. The minimum absolute atomic E-state index is 0. The zero-order valence-electron chi connectivity index (χ0n) is 17.4. The summed E-state index contributed by atoms with van der Waals surface area (Å²) in [5, 5.41) is 12.3. The normalized spacial score (nSPS) is 11.1. The van der Waals surface area contributed by atoms with Crippen LogP contribution in [0.1, 0.15) is 63.9 Å². The first-order chi connectivity index (χ1) is 13.4. The zero-order chi connectivity index (χ0) is 20.4. The van der Waals surface area contributed by atoms with Crippen molar-refractivity contribution in [2.75, 3.05) is 0 Å². The Morgan fingerprint density at radius 1 is 0.897 bits per heavy atom. The Labute approximate surface area is 196 Å². The molecule has 0 fully saturated rings.